The van der Waals surface area contributed by atoms with Gasteiger partial charge in [-0.1, -0.05) is 120 Å². The van der Waals surface area contributed by atoms with Crippen LogP contribution in [-0.4, -0.2) is 40.1 Å². The molecule has 1 amide bonds. The summed E-state index contributed by atoms with van der Waals surface area (Å²) in [5.74, 6) is 0.460. The van der Waals surface area contributed by atoms with Gasteiger partial charge in [0, 0.05) is 29.9 Å². The molecular weight excluding hydrogens is 701 g/mol. The molecule has 274 valence electrons. The maximum atomic E-state index is 15.1. The highest BCUT2D eigenvalue weighted by molar-refractivity contribution is 7.07. The molecule has 5 aromatic carbocycles. The Labute approximate surface area is 324 Å². The van der Waals surface area contributed by atoms with E-state index in [0.717, 1.165) is 50.1 Å². The molecule has 8 rings (SSSR count). The molecule has 0 radical (unpaired) electrons. The van der Waals surface area contributed by atoms with Crippen LogP contribution in [0.1, 0.15) is 43.5 Å². The summed E-state index contributed by atoms with van der Waals surface area (Å²) in [7, 11) is 1.63. The number of nitrogens with zero attached hydrogens (tertiary/aromatic N) is 4. The number of fused-ring (bicyclic) bond motifs is 2. The number of hydrogen-bond donors (Lipinski definition) is 0. The predicted octanol–water partition coefficient (Wildman–Crippen LogP) is 8.70. The second kappa shape index (κ2) is 14.9. The van der Waals surface area contributed by atoms with Crippen molar-refractivity contribution < 1.29 is 9.53 Å². The number of benzene rings is 5. The van der Waals surface area contributed by atoms with Crippen LogP contribution in [0.3, 0.4) is 0 Å². The Morgan fingerprint density at radius 3 is 2.16 bits per heavy atom. The average Bonchev–Trinajstić information content (AvgIpc) is 3.74. The van der Waals surface area contributed by atoms with Crippen LogP contribution in [0, 0.1) is 6.92 Å². The van der Waals surface area contributed by atoms with E-state index in [2.05, 4.69) is 66.1 Å². The first-order valence-electron chi connectivity index (χ1n) is 18.6. The highest BCUT2D eigenvalue weighted by Crippen LogP contribution is 2.41. The molecule has 0 saturated heterocycles. The van der Waals surface area contributed by atoms with E-state index in [9.17, 15) is 4.79 Å². The van der Waals surface area contributed by atoms with Gasteiger partial charge in [0.1, 0.15) is 11.8 Å². The normalized spacial score (nSPS) is 14.2. The third-order valence-corrected chi connectivity index (χ3v) is 11.4. The fourth-order valence-electron chi connectivity index (χ4n) is 7.74. The van der Waals surface area contributed by atoms with Gasteiger partial charge in [-0.25, -0.2) is 4.99 Å². The molecule has 1 aliphatic rings. The van der Waals surface area contributed by atoms with Crippen molar-refractivity contribution in [2.75, 3.05) is 20.2 Å². The summed E-state index contributed by atoms with van der Waals surface area (Å²) in [4.78, 5) is 36.9. The molecule has 7 aromatic rings. The van der Waals surface area contributed by atoms with Crippen molar-refractivity contribution in [3.8, 4) is 34.0 Å². The number of carbonyl (C=O) groups excluding carboxylic acids is 1. The molecule has 0 N–H and O–H groups in total. The van der Waals surface area contributed by atoms with E-state index in [0.29, 0.717) is 39.4 Å². The minimum atomic E-state index is -0.766. The molecule has 0 saturated carbocycles. The number of amides is 1. The van der Waals surface area contributed by atoms with Gasteiger partial charge >= 0.3 is 0 Å². The van der Waals surface area contributed by atoms with Gasteiger partial charge in [-0.3, -0.25) is 14.2 Å². The molecule has 0 spiro atoms. The highest BCUT2D eigenvalue weighted by atomic mass is 32.1. The molecule has 1 atom stereocenters. The van der Waals surface area contributed by atoms with E-state index in [1.54, 1.807) is 16.6 Å². The summed E-state index contributed by atoms with van der Waals surface area (Å²) in [5, 5.41) is 1.90. The molecular formula is C47H42N4O3S. The lowest BCUT2D eigenvalue weighted by molar-refractivity contribution is -0.127. The summed E-state index contributed by atoms with van der Waals surface area (Å²) in [5.41, 5.74) is 8.73. The molecule has 1 aliphatic heterocycles. The molecule has 8 heteroatoms. The molecule has 0 aliphatic carbocycles. The smallest absolute Gasteiger partial charge is 0.271 e. The van der Waals surface area contributed by atoms with Crippen LogP contribution in [0.4, 0.5) is 0 Å². The lowest BCUT2D eigenvalue weighted by Gasteiger charge is -2.30. The Hall–Kier alpha value is -6.25. The van der Waals surface area contributed by atoms with Crippen molar-refractivity contribution >= 4 is 34.1 Å². The van der Waals surface area contributed by atoms with Gasteiger partial charge in [0.05, 0.1) is 34.3 Å². The Balaban J connectivity index is 1.43. The Morgan fingerprint density at radius 1 is 0.836 bits per heavy atom. The number of hydrogen-bond acceptors (Lipinski definition) is 5. The van der Waals surface area contributed by atoms with Gasteiger partial charge in [0.2, 0.25) is 0 Å². The van der Waals surface area contributed by atoms with Crippen molar-refractivity contribution in [3.05, 3.63) is 175 Å². The largest absolute Gasteiger partial charge is 0.496 e. The SMILES string of the molecule is CCN(CC)C(=O)C1=C(C)N=c2s/c(=C/c3cc(-c4ccccc4)n(-c4ccc(C)cc4)c3-c3ccccc3)c(=O)n2[C@@H]1c1c(OC)ccc2ccccc12. The van der Waals surface area contributed by atoms with E-state index in [-0.39, 0.29) is 11.5 Å². The Bertz CT molecular complexity index is 2770. The van der Waals surface area contributed by atoms with Crippen molar-refractivity contribution in [1.82, 2.24) is 14.0 Å². The lowest BCUT2D eigenvalue weighted by atomic mass is 9.90. The van der Waals surface area contributed by atoms with Gasteiger partial charge < -0.3 is 14.2 Å². The summed E-state index contributed by atoms with van der Waals surface area (Å²) >= 11 is 1.34. The van der Waals surface area contributed by atoms with E-state index >= 15 is 4.79 Å². The maximum absolute atomic E-state index is 15.1. The summed E-state index contributed by atoms with van der Waals surface area (Å²) < 4.78 is 10.5. The van der Waals surface area contributed by atoms with Crippen LogP contribution in [0.25, 0.3) is 45.1 Å². The number of allylic oxidation sites excluding steroid dienone is 1. The van der Waals surface area contributed by atoms with Crippen LogP contribution >= 0.6 is 11.3 Å². The van der Waals surface area contributed by atoms with Gasteiger partial charge in [0.25, 0.3) is 11.5 Å². The van der Waals surface area contributed by atoms with Crippen LogP contribution in [0.15, 0.2) is 148 Å². The number of thiazole rings is 1. The summed E-state index contributed by atoms with van der Waals surface area (Å²) in [6.07, 6.45) is 1.99. The quantitative estimate of drug-likeness (QED) is 0.149. The number of methoxy groups -OCH3 is 1. The highest BCUT2D eigenvalue weighted by Gasteiger charge is 2.37. The first kappa shape index (κ1) is 35.8. The summed E-state index contributed by atoms with van der Waals surface area (Å²) in [6, 6.07) is 42.5. The van der Waals surface area contributed by atoms with E-state index in [4.69, 9.17) is 9.73 Å². The Morgan fingerprint density at radius 2 is 1.49 bits per heavy atom. The van der Waals surface area contributed by atoms with Gasteiger partial charge in [0.15, 0.2) is 4.80 Å². The molecule has 0 fully saturated rings. The Kier molecular flexibility index (Phi) is 9.67. The third kappa shape index (κ3) is 6.32. The van der Waals surface area contributed by atoms with Crippen molar-refractivity contribution in [2.45, 2.75) is 33.7 Å². The van der Waals surface area contributed by atoms with Crippen molar-refractivity contribution in [1.29, 1.82) is 0 Å². The third-order valence-electron chi connectivity index (χ3n) is 10.5. The van der Waals surface area contributed by atoms with Crippen LogP contribution in [-0.2, 0) is 4.79 Å². The monoisotopic (exact) mass is 742 g/mol. The minimum absolute atomic E-state index is 0.144. The van der Waals surface area contributed by atoms with E-state index in [1.807, 2.05) is 99.6 Å². The topological polar surface area (TPSA) is 68.8 Å². The number of aromatic nitrogens is 2. The number of rotatable bonds is 9. The minimum Gasteiger partial charge on any atom is -0.496 e. The zero-order chi connectivity index (χ0) is 38.2. The van der Waals surface area contributed by atoms with E-state index < -0.39 is 6.04 Å². The zero-order valence-electron chi connectivity index (χ0n) is 31.6. The maximum Gasteiger partial charge on any atom is 0.271 e. The van der Waals surface area contributed by atoms with Crippen LogP contribution in [0.5, 0.6) is 5.75 Å². The first-order chi connectivity index (χ1) is 26.8. The number of likely N-dealkylation sites (N-methyl/N-ethyl adjacent to an activating group) is 1. The van der Waals surface area contributed by atoms with Gasteiger partial charge in [-0.15, -0.1) is 0 Å². The summed E-state index contributed by atoms with van der Waals surface area (Å²) in [6.45, 7) is 8.96. The molecule has 55 heavy (non-hydrogen) atoms. The molecule has 0 unspecified atom stereocenters. The van der Waals surface area contributed by atoms with E-state index in [1.165, 1.54) is 16.9 Å². The second-order valence-corrected chi connectivity index (χ2v) is 14.7. The van der Waals surface area contributed by atoms with Gasteiger partial charge in [-0.05, 0) is 79.9 Å². The average molecular weight is 743 g/mol. The standard InChI is InChI=1S/C47H42N4O3S/c1-6-49(7-2)46(53)41-31(4)48-47-51(44(41)42-37-21-15-14-16-32(37)24-27-39(42)54-5)45(52)40(55-47)29-35-28-38(33-17-10-8-11-18-33)50(36-25-22-30(3)23-26-36)43(35)34-19-12-9-13-20-34/h8-29,44H,6-7H2,1-5H3/b40-29+/t44-/m0/s1. The van der Waals surface area contributed by atoms with Crippen LogP contribution < -0.4 is 19.6 Å². The molecule has 7 nitrogen and oxygen atoms in total. The lowest BCUT2D eigenvalue weighted by Crippen LogP contribution is -2.43. The molecule has 3 heterocycles. The second-order valence-electron chi connectivity index (χ2n) is 13.7. The number of aryl methyl sites for hydroxylation is 1. The predicted molar refractivity (Wildman–Crippen MR) is 224 cm³/mol. The fraction of sp³-hybridized carbons (Fsp3) is 0.170. The molecule has 0 bridgehead atoms. The number of ether oxygens (including phenoxy) is 1. The first-order valence-corrected chi connectivity index (χ1v) is 19.5. The van der Waals surface area contributed by atoms with Crippen molar-refractivity contribution in [3.63, 3.8) is 0 Å². The van der Waals surface area contributed by atoms with Crippen LogP contribution in [0.2, 0.25) is 0 Å². The van der Waals surface area contributed by atoms with Gasteiger partial charge in [-0.2, -0.15) is 0 Å². The number of carbonyl (C=O) groups is 1. The molecule has 2 aromatic heterocycles. The zero-order valence-corrected chi connectivity index (χ0v) is 32.4. The van der Waals surface area contributed by atoms with Crippen molar-refractivity contribution in [2.24, 2.45) is 4.99 Å². The fourth-order valence-corrected chi connectivity index (χ4v) is 8.78.